The van der Waals surface area contributed by atoms with Crippen molar-refractivity contribution in [3.8, 4) is 11.5 Å². The molecule has 1 N–H and O–H groups in total. The van der Waals surface area contributed by atoms with Gasteiger partial charge in [-0.3, -0.25) is 14.5 Å². The lowest BCUT2D eigenvalue weighted by Crippen LogP contribution is -2.73. The predicted octanol–water partition coefficient (Wildman–Crippen LogP) is -0.385. The zero-order chi connectivity index (χ0) is 18.3. The normalized spacial score (nSPS) is 23.6. The Morgan fingerprint density at radius 2 is 2.00 bits per heavy atom. The highest BCUT2D eigenvalue weighted by molar-refractivity contribution is 5.82. The van der Waals surface area contributed by atoms with E-state index in [1.807, 2.05) is 30.1 Å². The van der Waals surface area contributed by atoms with Crippen molar-refractivity contribution >= 4 is 11.8 Å². The summed E-state index contributed by atoms with van der Waals surface area (Å²) in [4.78, 5) is 28.2. The fourth-order valence-corrected chi connectivity index (χ4v) is 3.79. The van der Waals surface area contributed by atoms with Crippen LogP contribution in [0.25, 0.3) is 0 Å². The van der Waals surface area contributed by atoms with E-state index in [1.165, 1.54) is 0 Å². The fourth-order valence-electron chi connectivity index (χ4n) is 3.79. The van der Waals surface area contributed by atoms with Gasteiger partial charge in [-0.15, -0.1) is 0 Å². The van der Waals surface area contributed by atoms with Gasteiger partial charge in [0.25, 0.3) is 0 Å². The van der Waals surface area contributed by atoms with E-state index in [0.29, 0.717) is 44.2 Å². The predicted molar refractivity (Wildman–Crippen MR) is 92.0 cm³/mol. The third kappa shape index (κ3) is 2.99. The molecular weight excluding hydrogens is 338 g/mol. The summed E-state index contributed by atoms with van der Waals surface area (Å²) in [5.41, 5.74) is 0.547. The lowest BCUT2D eigenvalue weighted by atomic mass is 9.90. The Hall–Kier alpha value is -2.32. The molecular formula is C18H23N3O5. The van der Waals surface area contributed by atoms with Crippen molar-refractivity contribution in [2.75, 3.05) is 47.1 Å². The minimum atomic E-state index is -0.357. The SMILES string of the molecule is CNC(=O)[C@@H]1COC2(CN(C(=O)Cc3ccc4c(c3)OCO4)C2)CN1C. The van der Waals surface area contributed by atoms with Gasteiger partial charge in [0.05, 0.1) is 26.1 Å². The second-order valence-corrected chi connectivity index (χ2v) is 7.15. The molecule has 2 fully saturated rings. The van der Waals surface area contributed by atoms with Crippen LogP contribution in [-0.2, 0) is 20.7 Å². The van der Waals surface area contributed by atoms with Gasteiger partial charge in [-0.2, -0.15) is 0 Å². The van der Waals surface area contributed by atoms with Crippen LogP contribution in [0.5, 0.6) is 11.5 Å². The molecule has 0 unspecified atom stereocenters. The Morgan fingerprint density at radius 1 is 1.23 bits per heavy atom. The highest BCUT2D eigenvalue weighted by Gasteiger charge is 2.51. The van der Waals surface area contributed by atoms with E-state index in [0.717, 1.165) is 5.56 Å². The van der Waals surface area contributed by atoms with E-state index < -0.39 is 0 Å². The molecule has 26 heavy (non-hydrogen) atoms. The van der Waals surface area contributed by atoms with E-state index in [-0.39, 0.29) is 30.3 Å². The number of hydrogen-bond donors (Lipinski definition) is 1. The van der Waals surface area contributed by atoms with E-state index in [2.05, 4.69) is 5.32 Å². The molecule has 8 nitrogen and oxygen atoms in total. The number of hydrogen-bond acceptors (Lipinski definition) is 6. The minimum Gasteiger partial charge on any atom is -0.454 e. The van der Waals surface area contributed by atoms with E-state index in [4.69, 9.17) is 14.2 Å². The Kier molecular flexibility index (Phi) is 4.24. The van der Waals surface area contributed by atoms with Crippen molar-refractivity contribution in [2.24, 2.45) is 0 Å². The van der Waals surface area contributed by atoms with Crippen molar-refractivity contribution in [1.82, 2.24) is 15.1 Å². The number of carbonyl (C=O) groups is 2. The monoisotopic (exact) mass is 361 g/mol. The standard InChI is InChI=1S/C18H23N3O5/c1-19-17(23)13-7-26-18(8-20(13)2)9-21(10-18)16(22)6-12-3-4-14-15(5-12)25-11-24-14/h3-5,13H,6-11H2,1-2H3,(H,19,23)/t13-/m0/s1. The number of fused-ring (bicyclic) bond motifs is 1. The summed E-state index contributed by atoms with van der Waals surface area (Å²) in [5.74, 6) is 1.42. The number of amides is 2. The van der Waals surface area contributed by atoms with Gasteiger partial charge in [0.15, 0.2) is 11.5 Å². The first-order chi connectivity index (χ1) is 12.5. The van der Waals surface area contributed by atoms with Crippen LogP contribution in [0.1, 0.15) is 5.56 Å². The van der Waals surface area contributed by atoms with E-state index in [9.17, 15) is 9.59 Å². The number of benzene rings is 1. The summed E-state index contributed by atoms with van der Waals surface area (Å²) >= 11 is 0. The van der Waals surface area contributed by atoms with Gasteiger partial charge in [0, 0.05) is 13.6 Å². The van der Waals surface area contributed by atoms with Crippen molar-refractivity contribution < 1.29 is 23.8 Å². The van der Waals surface area contributed by atoms with Crippen LogP contribution >= 0.6 is 0 Å². The van der Waals surface area contributed by atoms with Gasteiger partial charge in [0.1, 0.15) is 11.6 Å². The highest BCUT2D eigenvalue weighted by Crippen LogP contribution is 2.34. The molecule has 0 bridgehead atoms. The minimum absolute atomic E-state index is 0.0441. The highest BCUT2D eigenvalue weighted by atomic mass is 16.7. The van der Waals surface area contributed by atoms with Crippen molar-refractivity contribution in [3.05, 3.63) is 23.8 Å². The largest absolute Gasteiger partial charge is 0.454 e. The maximum absolute atomic E-state index is 12.5. The van der Waals surface area contributed by atoms with E-state index >= 15 is 0 Å². The van der Waals surface area contributed by atoms with Crippen molar-refractivity contribution in [3.63, 3.8) is 0 Å². The molecule has 0 radical (unpaired) electrons. The molecule has 4 rings (SSSR count). The Bertz CT molecular complexity index is 732. The van der Waals surface area contributed by atoms with Crippen molar-refractivity contribution in [2.45, 2.75) is 18.1 Å². The molecule has 0 saturated carbocycles. The molecule has 1 atom stereocenters. The number of nitrogens with zero attached hydrogens (tertiary/aromatic N) is 2. The smallest absolute Gasteiger partial charge is 0.239 e. The van der Waals surface area contributed by atoms with Crippen LogP contribution in [0.15, 0.2) is 18.2 Å². The summed E-state index contributed by atoms with van der Waals surface area (Å²) in [5, 5.41) is 2.66. The number of likely N-dealkylation sites (tertiary alicyclic amines) is 1. The molecule has 1 aromatic rings. The third-order valence-corrected chi connectivity index (χ3v) is 5.27. The number of likely N-dealkylation sites (N-methyl/N-ethyl adjacent to an activating group) is 2. The molecule has 3 aliphatic rings. The first-order valence-electron chi connectivity index (χ1n) is 8.72. The van der Waals surface area contributed by atoms with E-state index in [1.54, 1.807) is 11.9 Å². The van der Waals surface area contributed by atoms with Gasteiger partial charge >= 0.3 is 0 Å². The second kappa shape index (κ2) is 6.44. The van der Waals surface area contributed by atoms with Crippen LogP contribution in [-0.4, -0.2) is 80.4 Å². The molecule has 1 spiro atoms. The lowest BCUT2D eigenvalue weighted by molar-refractivity contribution is -0.200. The lowest BCUT2D eigenvalue weighted by Gasteiger charge is -2.54. The van der Waals surface area contributed by atoms with Crippen LogP contribution in [0.2, 0.25) is 0 Å². The number of nitrogens with one attached hydrogen (secondary N) is 1. The molecule has 140 valence electrons. The van der Waals surface area contributed by atoms with Crippen LogP contribution in [0, 0.1) is 0 Å². The molecule has 0 aromatic heterocycles. The second-order valence-electron chi connectivity index (χ2n) is 7.15. The fraction of sp³-hybridized carbons (Fsp3) is 0.556. The molecule has 3 aliphatic heterocycles. The van der Waals surface area contributed by atoms with Crippen LogP contribution in [0.4, 0.5) is 0 Å². The summed E-state index contributed by atoms with van der Waals surface area (Å²) in [6, 6.07) is 5.30. The number of morpholine rings is 1. The summed E-state index contributed by atoms with van der Waals surface area (Å²) in [7, 11) is 3.54. The number of rotatable bonds is 3. The maximum atomic E-state index is 12.5. The molecule has 2 amide bonds. The topological polar surface area (TPSA) is 80.3 Å². The van der Waals surface area contributed by atoms with Gasteiger partial charge in [0.2, 0.25) is 18.6 Å². The third-order valence-electron chi connectivity index (χ3n) is 5.27. The quantitative estimate of drug-likeness (QED) is 0.790. The number of carbonyl (C=O) groups excluding carboxylic acids is 2. The zero-order valence-electron chi connectivity index (χ0n) is 15.0. The molecule has 8 heteroatoms. The average molecular weight is 361 g/mol. The Labute approximate surface area is 152 Å². The molecule has 3 heterocycles. The molecule has 1 aromatic carbocycles. The Balaban J connectivity index is 1.32. The van der Waals surface area contributed by atoms with Gasteiger partial charge in [-0.05, 0) is 24.7 Å². The average Bonchev–Trinajstić information content (AvgIpc) is 3.06. The molecule has 2 saturated heterocycles. The van der Waals surface area contributed by atoms with Gasteiger partial charge in [-0.1, -0.05) is 6.07 Å². The van der Waals surface area contributed by atoms with Gasteiger partial charge in [-0.25, -0.2) is 0 Å². The first kappa shape index (κ1) is 17.1. The van der Waals surface area contributed by atoms with Crippen LogP contribution in [0.3, 0.4) is 0 Å². The first-order valence-corrected chi connectivity index (χ1v) is 8.72. The van der Waals surface area contributed by atoms with Crippen molar-refractivity contribution in [1.29, 1.82) is 0 Å². The number of ether oxygens (including phenoxy) is 3. The van der Waals surface area contributed by atoms with Gasteiger partial charge < -0.3 is 24.4 Å². The zero-order valence-corrected chi connectivity index (χ0v) is 15.0. The molecule has 0 aliphatic carbocycles. The maximum Gasteiger partial charge on any atom is 0.239 e. The summed E-state index contributed by atoms with van der Waals surface area (Å²) < 4.78 is 16.6. The summed E-state index contributed by atoms with van der Waals surface area (Å²) in [6.45, 7) is 2.32. The Morgan fingerprint density at radius 3 is 2.73 bits per heavy atom. The summed E-state index contributed by atoms with van der Waals surface area (Å²) in [6.07, 6.45) is 0.323. The van der Waals surface area contributed by atoms with Crippen LogP contribution < -0.4 is 14.8 Å².